The molecule has 0 aliphatic heterocycles. The number of nitrogens with zero attached hydrogens (tertiary/aromatic N) is 4. The number of aryl methyl sites for hydroxylation is 1. The van der Waals surface area contributed by atoms with Crippen molar-refractivity contribution in [2.24, 2.45) is 4.99 Å². The predicted octanol–water partition coefficient (Wildman–Crippen LogP) is 2.35. The van der Waals surface area contributed by atoms with E-state index in [2.05, 4.69) is 50.3 Å². The second-order valence-corrected chi connectivity index (χ2v) is 6.74. The molecule has 23 heavy (non-hydrogen) atoms. The monoisotopic (exact) mass is 354 g/mol. The smallest absolute Gasteiger partial charge is 0.191 e. The Morgan fingerprint density at radius 3 is 2.91 bits per heavy atom. The van der Waals surface area contributed by atoms with Crippen molar-refractivity contribution in [1.82, 2.24) is 25.4 Å². The first kappa shape index (κ1) is 17.7. The van der Waals surface area contributed by atoms with E-state index in [0.717, 1.165) is 55.1 Å². The van der Waals surface area contributed by atoms with Crippen molar-refractivity contribution in [3.63, 3.8) is 0 Å². The van der Waals surface area contributed by atoms with Gasteiger partial charge in [0.1, 0.15) is 12.2 Å². The Labute approximate surface area is 146 Å². The van der Waals surface area contributed by atoms with E-state index < -0.39 is 0 Å². The minimum Gasteiger partial charge on any atom is -0.357 e. The van der Waals surface area contributed by atoms with E-state index in [1.807, 2.05) is 6.07 Å². The van der Waals surface area contributed by atoms with Crippen LogP contribution in [-0.4, -0.2) is 40.4 Å². The summed E-state index contributed by atoms with van der Waals surface area (Å²) < 4.78 is 2.89. The quantitative estimate of drug-likeness (QED) is 0.564. The van der Waals surface area contributed by atoms with Crippen LogP contribution in [0, 0.1) is 0 Å². The molecule has 0 amide bonds. The summed E-state index contributed by atoms with van der Waals surface area (Å²) in [6.45, 7) is 7.31. The minimum atomic E-state index is 0.735. The number of aromatic nitrogens is 3. The van der Waals surface area contributed by atoms with Crippen LogP contribution in [0.15, 0.2) is 23.5 Å². The summed E-state index contributed by atoms with van der Waals surface area (Å²) in [5.74, 6) is 1.84. The molecule has 0 spiro atoms. The van der Waals surface area contributed by atoms with E-state index in [1.54, 1.807) is 17.7 Å². The summed E-state index contributed by atoms with van der Waals surface area (Å²) in [4.78, 5) is 5.85. The second kappa shape index (κ2) is 9.52. The summed E-state index contributed by atoms with van der Waals surface area (Å²) in [6, 6.07) is 3.99. The van der Waals surface area contributed by atoms with Gasteiger partial charge in [0.25, 0.3) is 0 Å². The fraction of sp³-hybridized carbons (Fsp3) is 0.533. The topological polar surface area (TPSA) is 67.1 Å². The van der Waals surface area contributed by atoms with Crippen LogP contribution in [0.1, 0.15) is 24.5 Å². The number of nitrogens with one attached hydrogen (secondary N) is 2. The Morgan fingerprint density at radius 1 is 1.35 bits per heavy atom. The Kier molecular flexibility index (Phi) is 7.35. The molecule has 6 nitrogen and oxygen atoms in total. The van der Waals surface area contributed by atoms with Gasteiger partial charge in [-0.05, 0) is 19.1 Å². The molecule has 8 heteroatoms. The van der Waals surface area contributed by atoms with Gasteiger partial charge in [-0.3, -0.25) is 4.99 Å². The lowest BCUT2D eigenvalue weighted by Crippen LogP contribution is -2.39. The highest BCUT2D eigenvalue weighted by Crippen LogP contribution is 2.21. The van der Waals surface area contributed by atoms with Crippen LogP contribution >= 0.6 is 22.9 Å². The lowest BCUT2D eigenvalue weighted by atomic mass is 10.3. The standard InChI is InChI=1S/C15H23ClN6S/c1-3-14-21-20-11-22(14)10-9-19-15(17-4-2)18-8-7-12-5-6-13(16)23-12/h5-6,11H,3-4,7-10H2,1-2H3,(H2,17,18,19). The Morgan fingerprint density at radius 2 is 2.22 bits per heavy atom. The number of guanidine groups is 1. The van der Waals surface area contributed by atoms with E-state index in [0.29, 0.717) is 0 Å². The maximum Gasteiger partial charge on any atom is 0.191 e. The molecule has 2 heterocycles. The van der Waals surface area contributed by atoms with Gasteiger partial charge in [0.2, 0.25) is 0 Å². The van der Waals surface area contributed by atoms with Crippen molar-refractivity contribution in [1.29, 1.82) is 0 Å². The fourth-order valence-corrected chi connectivity index (χ4v) is 3.22. The van der Waals surface area contributed by atoms with Crippen LogP contribution in [0.2, 0.25) is 4.34 Å². The normalized spacial score (nSPS) is 11.7. The lowest BCUT2D eigenvalue weighted by Gasteiger charge is -2.12. The third-order valence-corrected chi connectivity index (χ3v) is 4.55. The van der Waals surface area contributed by atoms with Crippen molar-refractivity contribution >= 4 is 28.9 Å². The van der Waals surface area contributed by atoms with Crippen LogP contribution in [0.5, 0.6) is 0 Å². The molecule has 0 saturated heterocycles. The molecule has 0 unspecified atom stereocenters. The van der Waals surface area contributed by atoms with Gasteiger partial charge < -0.3 is 15.2 Å². The minimum absolute atomic E-state index is 0.735. The molecule has 0 fully saturated rings. The average Bonchev–Trinajstić information content (AvgIpc) is 3.16. The van der Waals surface area contributed by atoms with Crippen LogP contribution in [-0.2, 0) is 19.4 Å². The molecule has 2 N–H and O–H groups in total. The molecular weight excluding hydrogens is 332 g/mol. The first-order valence-electron chi connectivity index (χ1n) is 7.86. The lowest BCUT2D eigenvalue weighted by molar-refractivity contribution is 0.632. The number of rotatable bonds is 8. The van der Waals surface area contributed by atoms with Gasteiger partial charge >= 0.3 is 0 Å². The van der Waals surface area contributed by atoms with Gasteiger partial charge in [0, 0.05) is 43.9 Å². The summed E-state index contributed by atoms with van der Waals surface area (Å²) in [5, 5.41) is 14.6. The maximum atomic E-state index is 5.94. The number of thiophene rings is 1. The first-order valence-corrected chi connectivity index (χ1v) is 9.05. The summed E-state index contributed by atoms with van der Waals surface area (Å²) in [6.07, 6.45) is 3.56. The fourth-order valence-electron chi connectivity index (χ4n) is 2.14. The van der Waals surface area contributed by atoms with Gasteiger partial charge in [-0.25, -0.2) is 0 Å². The largest absolute Gasteiger partial charge is 0.357 e. The maximum absolute atomic E-state index is 5.94. The molecule has 2 rings (SSSR count). The number of hydrogen-bond donors (Lipinski definition) is 2. The van der Waals surface area contributed by atoms with Crippen molar-refractivity contribution < 1.29 is 0 Å². The molecule has 0 bridgehead atoms. The number of hydrogen-bond acceptors (Lipinski definition) is 4. The molecule has 0 saturated carbocycles. The molecule has 0 aliphatic rings. The van der Waals surface area contributed by atoms with Gasteiger partial charge in [0.05, 0.1) is 4.34 Å². The van der Waals surface area contributed by atoms with Crippen LogP contribution in [0.4, 0.5) is 0 Å². The molecule has 2 aromatic heterocycles. The van der Waals surface area contributed by atoms with E-state index in [9.17, 15) is 0 Å². The van der Waals surface area contributed by atoms with Crippen LogP contribution in [0.25, 0.3) is 0 Å². The highest BCUT2D eigenvalue weighted by Gasteiger charge is 2.02. The third-order valence-electron chi connectivity index (χ3n) is 3.26. The summed E-state index contributed by atoms with van der Waals surface area (Å²) >= 11 is 7.55. The molecule has 0 aromatic carbocycles. The van der Waals surface area contributed by atoms with Gasteiger partial charge in [0.15, 0.2) is 5.96 Å². The first-order chi connectivity index (χ1) is 11.2. The van der Waals surface area contributed by atoms with E-state index >= 15 is 0 Å². The molecule has 0 atom stereocenters. The molecule has 2 aromatic rings. The third kappa shape index (κ3) is 5.84. The van der Waals surface area contributed by atoms with E-state index in [1.165, 1.54) is 4.88 Å². The average molecular weight is 355 g/mol. The molecule has 0 aliphatic carbocycles. The molecule has 126 valence electrons. The van der Waals surface area contributed by atoms with E-state index in [-0.39, 0.29) is 0 Å². The summed E-state index contributed by atoms with van der Waals surface area (Å²) in [5.41, 5.74) is 0. The molecule has 0 radical (unpaired) electrons. The van der Waals surface area contributed by atoms with Gasteiger partial charge in [-0.1, -0.05) is 18.5 Å². The van der Waals surface area contributed by atoms with Crippen molar-refractivity contribution in [3.05, 3.63) is 33.5 Å². The SMILES string of the molecule is CCNC(=NCCc1ccc(Cl)s1)NCCn1cnnc1CC. The van der Waals surface area contributed by atoms with E-state index in [4.69, 9.17) is 11.6 Å². The van der Waals surface area contributed by atoms with Crippen molar-refractivity contribution in [3.8, 4) is 0 Å². The van der Waals surface area contributed by atoms with Crippen LogP contribution < -0.4 is 10.6 Å². The Bertz CT molecular complexity index is 621. The molecular formula is C15H23ClN6S. The van der Waals surface area contributed by atoms with Crippen molar-refractivity contribution in [2.75, 3.05) is 19.6 Å². The zero-order chi connectivity index (χ0) is 16.5. The van der Waals surface area contributed by atoms with Gasteiger partial charge in [-0.2, -0.15) is 0 Å². The van der Waals surface area contributed by atoms with Crippen LogP contribution in [0.3, 0.4) is 0 Å². The highest BCUT2D eigenvalue weighted by atomic mass is 35.5. The predicted molar refractivity (Wildman–Crippen MR) is 96.4 cm³/mol. The van der Waals surface area contributed by atoms with Crippen molar-refractivity contribution in [2.45, 2.75) is 33.2 Å². The second-order valence-electron chi connectivity index (χ2n) is 4.94. The Hall–Kier alpha value is -1.60. The number of aliphatic imine (C=N–C) groups is 1. The van der Waals surface area contributed by atoms with Gasteiger partial charge in [-0.15, -0.1) is 21.5 Å². The number of halogens is 1. The zero-order valence-corrected chi connectivity index (χ0v) is 15.1. The Balaban J connectivity index is 1.79. The summed E-state index contributed by atoms with van der Waals surface area (Å²) in [7, 11) is 0. The zero-order valence-electron chi connectivity index (χ0n) is 13.5. The highest BCUT2D eigenvalue weighted by molar-refractivity contribution is 7.16.